The van der Waals surface area contributed by atoms with Crippen molar-refractivity contribution in [2.45, 2.75) is 34.2 Å². The van der Waals surface area contributed by atoms with E-state index in [1.807, 2.05) is 0 Å². The molecule has 1 aromatic rings. The van der Waals surface area contributed by atoms with Gasteiger partial charge in [-0.3, -0.25) is 0 Å². The molecule has 1 fully saturated rings. The zero-order valence-electron chi connectivity index (χ0n) is 11.4. The van der Waals surface area contributed by atoms with E-state index >= 15 is 0 Å². The second-order valence-electron chi connectivity index (χ2n) is 6.20. The Hall–Kier alpha value is -1.29. The lowest BCUT2D eigenvalue weighted by Gasteiger charge is -2.04. The van der Waals surface area contributed by atoms with Gasteiger partial charge >= 0.3 is 5.97 Å². The predicted molar refractivity (Wildman–Crippen MR) is 68.4 cm³/mol. The average Bonchev–Trinajstić information content (AvgIpc) is 2.67. The molecule has 1 aliphatic rings. The van der Waals surface area contributed by atoms with Gasteiger partial charge < -0.3 is 14.8 Å². The van der Waals surface area contributed by atoms with Gasteiger partial charge in [-0.1, -0.05) is 27.7 Å². The topological polar surface area (TPSA) is 62.5 Å². The molecule has 18 heavy (non-hydrogen) atoms. The summed E-state index contributed by atoms with van der Waals surface area (Å²) in [6.07, 6.45) is 0. The lowest BCUT2D eigenvalue weighted by atomic mass is 10.0. The van der Waals surface area contributed by atoms with Gasteiger partial charge in [-0.15, -0.1) is 0 Å². The molecule has 1 heterocycles. The van der Waals surface area contributed by atoms with Crippen LogP contribution in [0.25, 0.3) is 0 Å². The molecular weight excluding hydrogens is 230 g/mol. The molecule has 0 aliphatic heterocycles. The Labute approximate surface area is 107 Å². The van der Waals surface area contributed by atoms with E-state index in [9.17, 15) is 4.79 Å². The molecule has 1 aromatic heterocycles. The minimum absolute atomic E-state index is 0.00104. The Balaban J connectivity index is 1.81. The molecule has 2 N–H and O–H groups in total. The van der Waals surface area contributed by atoms with E-state index < -0.39 is 5.97 Å². The number of carboxylic acids is 1. The summed E-state index contributed by atoms with van der Waals surface area (Å²) in [6, 6.07) is 3.20. The van der Waals surface area contributed by atoms with Crippen LogP contribution in [0, 0.1) is 16.7 Å². The van der Waals surface area contributed by atoms with E-state index in [0.717, 1.165) is 6.54 Å². The van der Waals surface area contributed by atoms with E-state index in [4.69, 9.17) is 9.52 Å². The van der Waals surface area contributed by atoms with Crippen molar-refractivity contribution in [3.8, 4) is 0 Å². The Morgan fingerprint density at radius 1 is 1.33 bits per heavy atom. The maximum Gasteiger partial charge on any atom is 0.371 e. The highest BCUT2D eigenvalue weighted by Gasteiger charge is 2.63. The molecule has 0 atom stereocenters. The van der Waals surface area contributed by atoms with Gasteiger partial charge in [-0.25, -0.2) is 4.79 Å². The van der Waals surface area contributed by atoms with Crippen molar-refractivity contribution in [3.63, 3.8) is 0 Å². The molecule has 0 aromatic carbocycles. The first kappa shape index (κ1) is 13.1. The Morgan fingerprint density at radius 2 is 1.94 bits per heavy atom. The van der Waals surface area contributed by atoms with Gasteiger partial charge in [0, 0.05) is 0 Å². The van der Waals surface area contributed by atoms with Crippen molar-refractivity contribution in [3.05, 3.63) is 23.7 Å². The largest absolute Gasteiger partial charge is 0.475 e. The summed E-state index contributed by atoms with van der Waals surface area (Å²) in [5, 5.41) is 12.1. The third-order valence-corrected chi connectivity index (χ3v) is 4.84. The number of carbonyl (C=O) groups is 1. The zero-order valence-corrected chi connectivity index (χ0v) is 11.4. The summed E-state index contributed by atoms with van der Waals surface area (Å²) in [5.41, 5.74) is 0.741. The molecule has 0 amide bonds. The number of rotatable bonds is 5. The molecular formula is C14H21NO3. The van der Waals surface area contributed by atoms with Gasteiger partial charge in [0.05, 0.1) is 6.54 Å². The number of hydrogen-bond acceptors (Lipinski definition) is 3. The predicted octanol–water partition coefficient (Wildman–Crippen LogP) is 2.75. The second-order valence-corrected chi connectivity index (χ2v) is 6.20. The maximum absolute atomic E-state index is 10.7. The molecule has 1 saturated carbocycles. The summed E-state index contributed by atoms with van der Waals surface area (Å²) < 4.78 is 5.19. The summed E-state index contributed by atoms with van der Waals surface area (Å²) in [7, 11) is 0. The van der Waals surface area contributed by atoms with E-state index in [0.29, 0.717) is 29.1 Å². The van der Waals surface area contributed by atoms with E-state index in [1.165, 1.54) is 6.07 Å². The molecule has 100 valence electrons. The van der Waals surface area contributed by atoms with E-state index in [1.54, 1.807) is 6.07 Å². The van der Waals surface area contributed by atoms with E-state index in [-0.39, 0.29) is 5.76 Å². The van der Waals surface area contributed by atoms with Crippen molar-refractivity contribution < 1.29 is 14.3 Å². The molecule has 1 aliphatic carbocycles. The minimum Gasteiger partial charge on any atom is -0.475 e. The zero-order chi connectivity index (χ0) is 13.6. The molecule has 0 bridgehead atoms. The first-order chi connectivity index (χ1) is 8.26. The van der Waals surface area contributed by atoms with Crippen LogP contribution in [0.2, 0.25) is 0 Å². The van der Waals surface area contributed by atoms with Gasteiger partial charge in [-0.05, 0) is 35.4 Å². The van der Waals surface area contributed by atoms with Crippen molar-refractivity contribution in [2.24, 2.45) is 16.7 Å². The first-order valence-corrected chi connectivity index (χ1v) is 6.29. The van der Waals surface area contributed by atoms with Crippen molar-refractivity contribution in [1.29, 1.82) is 0 Å². The molecule has 0 unspecified atom stereocenters. The lowest BCUT2D eigenvalue weighted by molar-refractivity contribution is 0.0660. The first-order valence-electron chi connectivity index (χ1n) is 6.29. The van der Waals surface area contributed by atoms with Gasteiger partial charge in [0.15, 0.2) is 0 Å². The highest BCUT2D eigenvalue weighted by atomic mass is 16.4. The van der Waals surface area contributed by atoms with Crippen LogP contribution in [0.1, 0.15) is 44.0 Å². The number of aromatic carboxylic acids is 1. The summed E-state index contributed by atoms with van der Waals surface area (Å²) in [6.45, 7) is 10.7. The smallest absolute Gasteiger partial charge is 0.371 e. The fourth-order valence-electron chi connectivity index (χ4n) is 2.77. The van der Waals surface area contributed by atoms with Crippen molar-refractivity contribution >= 4 is 5.97 Å². The van der Waals surface area contributed by atoms with Crippen LogP contribution < -0.4 is 5.32 Å². The molecule has 2 rings (SSSR count). The number of hydrogen-bond donors (Lipinski definition) is 2. The molecule has 0 spiro atoms. The van der Waals surface area contributed by atoms with Crippen LogP contribution in [0.4, 0.5) is 0 Å². The molecule has 0 radical (unpaired) electrons. The molecule has 4 nitrogen and oxygen atoms in total. The van der Waals surface area contributed by atoms with Crippen LogP contribution in [0.15, 0.2) is 16.5 Å². The fourth-order valence-corrected chi connectivity index (χ4v) is 2.77. The minimum atomic E-state index is -1.02. The maximum atomic E-state index is 10.7. The third kappa shape index (κ3) is 2.05. The second kappa shape index (κ2) is 4.12. The molecule has 0 saturated heterocycles. The summed E-state index contributed by atoms with van der Waals surface area (Å²) >= 11 is 0. The Kier molecular flexibility index (Phi) is 3.01. The normalized spacial score (nSPS) is 20.9. The van der Waals surface area contributed by atoms with Crippen LogP contribution >= 0.6 is 0 Å². The van der Waals surface area contributed by atoms with Crippen molar-refractivity contribution in [2.75, 3.05) is 6.54 Å². The van der Waals surface area contributed by atoms with Gasteiger partial charge in [-0.2, -0.15) is 0 Å². The Bertz CT molecular complexity index is 445. The highest BCUT2D eigenvalue weighted by Crippen LogP contribution is 2.67. The van der Waals surface area contributed by atoms with Gasteiger partial charge in [0.25, 0.3) is 0 Å². The van der Waals surface area contributed by atoms with Crippen LogP contribution in [0.5, 0.6) is 0 Å². The summed E-state index contributed by atoms with van der Waals surface area (Å²) in [4.78, 5) is 10.7. The summed E-state index contributed by atoms with van der Waals surface area (Å²) in [5.74, 6) is 0.298. The Morgan fingerprint density at radius 3 is 2.39 bits per heavy atom. The van der Waals surface area contributed by atoms with Crippen LogP contribution in [-0.2, 0) is 6.54 Å². The number of carboxylic acid groups (broad SMARTS) is 1. The van der Waals surface area contributed by atoms with E-state index in [2.05, 4.69) is 33.0 Å². The number of furan rings is 1. The van der Waals surface area contributed by atoms with Crippen molar-refractivity contribution in [1.82, 2.24) is 5.32 Å². The molecule has 4 heteroatoms. The standard InChI is InChI=1S/C14H21NO3/c1-13(2)11(14(13,3)4)8-15-7-9-5-6-10(18-9)12(16)17/h5-6,11,15H,7-8H2,1-4H3,(H,16,17). The monoisotopic (exact) mass is 251 g/mol. The lowest BCUT2D eigenvalue weighted by Crippen LogP contribution is -2.18. The van der Waals surface area contributed by atoms with Crippen LogP contribution in [-0.4, -0.2) is 17.6 Å². The van der Waals surface area contributed by atoms with Gasteiger partial charge in [0.1, 0.15) is 5.76 Å². The average molecular weight is 251 g/mol. The third-order valence-electron chi connectivity index (χ3n) is 4.84. The van der Waals surface area contributed by atoms with Crippen LogP contribution in [0.3, 0.4) is 0 Å². The highest BCUT2D eigenvalue weighted by molar-refractivity contribution is 5.84. The fraction of sp³-hybridized carbons (Fsp3) is 0.643. The quantitative estimate of drug-likeness (QED) is 0.844. The number of nitrogens with one attached hydrogen (secondary N) is 1. The van der Waals surface area contributed by atoms with Gasteiger partial charge in [0.2, 0.25) is 5.76 Å². The SMILES string of the molecule is CC1(C)C(CNCc2ccc(C(=O)O)o2)C1(C)C.